The van der Waals surface area contributed by atoms with Crippen molar-refractivity contribution >= 4 is 22.9 Å². The summed E-state index contributed by atoms with van der Waals surface area (Å²) in [6, 6.07) is 15.7. The maximum absolute atomic E-state index is 11.4. The minimum atomic E-state index is -0.524. The van der Waals surface area contributed by atoms with Crippen LogP contribution < -0.4 is 5.48 Å². The molecule has 2 heterocycles. The Morgan fingerprint density at radius 1 is 1.14 bits per heavy atom. The number of hydroxylamine groups is 1. The number of aryl methyl sites for hydroxylation is 4. The summed E-state index contributed by atoms with van der Waals surface area (Å²) >= 11 is 0. The monoisotopic (exact) mass is 482 g/mol. The Morgan fingerprint density at radius 2 is 2.00 bits per heavy atom. The number of carbonyl (C=O) groups is 1. The molecule has 6 heteroatoms. The molecule has 0 radical (unpaired) electrons. The van der Waals surface area contributed by atoms with Crippen LogP contribution in [0.4, 0.5) is 0 Å². The van der Waals surface area contributed by atoms with Gasteiger partial charge in [0.05, 0.1) is 0 Å². The van der Waals surface area contributed by atoms with E-state index >= 15 is 0 Å². The number of carbonyl (C=O) groups excluding carboxylic acids is 1. The summed E-state index contributed by atoms with van der Waals surface area (Å²) in [6.45, 7) is 8.27. The minimum absolute atomic E-state index is 0.348. The summed E-state index contributed by atoms with van der Waals surface area (Å²) < 4.78 is 0. The SMILES string of the molecule is Cc1ccc2c(CCN(Cc3cc(C)[nH]c3C)C3CCc4cc(/C=C/C(=O)NO)ccc43)c[nH]c2c1. The summed E-state index contributed by atoms with van der Waals surface area (Å²) in [5, 5.41) is 10.0. The van der Waals surface area contributed by atoms with Crippen molar-refractivity contribution in [3.63, 3.8) is 0 Å². The van der Waals surface area contributed by atoms with Crippen molar-refractivity contribution in [2.24, 2.45) is 0 Å². The van der Waals surface area contributed by atoms with Gasteiger partial charge in [-0.25, -0.2) is 5.48 Å². The fourth-order valence-electron chi connectivity index (χ4n) is 5.59. The van der Waals surface area contributed by atoms with Crippen LogP contribution in [0.25, 0.3) is 17.0 Å². The molecule has 0 saturated heterocycles. The second-order valence-corrected chi connectivity index (χ2v) is 10.0. The van der Waals surface area contributed by atoms with Gasteiger partial charge in [-0.1, -0.05) is 30.3 Å². The first kappa shape index (κ1) is 24.1. The molecule has 0 spiro atoms. The fraction of sp³-hybridized carbons (Fsp3) is 0.300. The number of aromatic amines is 2. The van der Waals surface area contributed by atoms with Gasteiger partial charge in [-0.3, -0.25) is 14.9 Å². The van der Waals surface area contributed by atoms with Gasteiger partial charge in [-0.2, -0.15) is 0 Å². The maximum atomic E-state index is 11.4. The van der Waals surface area contributed by atoms with E-state index in [2.05, 4.69) is 84.3 Å². The van der Waals surface area contributed by atoms with Crippen LogP contribution in [0.2, 0.25) is 0 Å². The first-order valence-corrected chi connectivity index (χ1v) is 12.6. The van der Waals surface area contributed by atoms with E-state index in [0.717, 1.165) is 37.9 Å². The van der Waals surface area contributed by atoms with Gasteiger partial charge in [-0.15, -0.1) is 0 Å². The van der Waals surface area contributed by atoms with E-state index in [1.807, 2.05) is 0 Å². The summed E-state index contributed by atoms with van der Waals surface area (Å²) in [6.07, 6.45) is 8.32. The fourth-order valence-corrected chi connectivity index (χ4v) is 5.59. The first-order valence-electron chi connectivity index (χ1n) is 12.6. The minimum Gasteiger partial charge on any atom is -0.362 e. The second-order valence-electron chi connectivity index (χ2n) is 10.0. The Hall–Kier alpha value is -3.61. The number of hydrogen-bond acceptors (Lipinski definition) is 3. The number of fused-ring (bicyclic) bond motifs is 2. The van der Waals surface area contributed by atoms with Crippen LogP contribution in [0.3, 0.4) is 0 Å². The van der Waals surface area contributed by atoms with Gasteiger partial charge in [0.25, 0.3) is 5.91 Å². The van der Waals surface area contributed by atoms with Crippen molar-refractivity contribution in [3.8, 4) is 0 Å². The van der Waals surface area contributed by atoms with Crippen molar-refractivity contribution in [2.45, 2.75) is 52.6 Å². The van der Waals surface area contributed by atoms with Crippen LogP contribution in [0.15, 0.2) is 54.7 Å². The Bertz CT molecular complexity index is 1430. The van der Waals surface area contributed by atoms with E-state index in [1.165, 1.54) is 56.2 Å². The Labute approximate surface area is 212 Å². The molecule has 1 aliphatic carbocycles. The standard InChI is InChI=1S/C30H34N4O2/c1-19-4-8-26-24(17-31-28(26)14-19)12-13-34(18-25-15-20(2)32-21(25)3)29-10-7-23-16-22(5-9-27(23)29)6-11-30(35)33-36/h4-6,8-9,11,14-17,29,31-32,36H,7,10,12-13,18H2,1-3H3,(H,33,35)/b11-6+. The van der Waals surface area contributed by atoms with Gasteiger partial charge in [0.1, 0.15) is 0 Å². The van der Waals surface area contributed by atoms with Gasteiger partial charge in [0.15, 0.2) is 0 Å². The normalized spacial score (nSPS) is 15.3. The highest BCUT2D eigenvalue weighted by molar-refractivity contribution is 5.90. The highest BCUT2D eigenvalue weighted by atomic mass is 16.5. The molecular formula is C30H34N4O2. The van der Waals surface area contributed by atoms with Crippen molar-refractivity contribution in [1.29, 1.82) is 0 Å². The topological polar surface area (TPSA) is 84.2 Å². The molecule has 4 aromatic rings. The quantitative estimate of drug-likeness (QED) is 0.148. The van der Waals surface area contributed by atoms with Gasteiger partial charge in [-0.05, 0) is 91.6 Å². The number of H-pyrrole nitrogens is 2. The first-order chi connectivity index (χ1) is 17.4. The third-order valence-corrected chi connectivity index (χ3v) is 7.41. The van der Waals surface area contributed by atoms with E-state index in [-0.39, 0.29) is 0 Å². The molecule has 2 aromatic heterocycles. The van der Waals surface area contributed by atoms with Gasteiger partial charge >= 0.3 is 0 Å². The zero-order chi connectivity index (χ0) is 25.2. The highest BCUT2D eigenvalue weighted by Gasteiger charge is 2.28. The van der Waals surface area contributed by atoms with E-state index in [0.29, 0.717) is 6.04 Å². The molecule has 4 N–H and O–H groups in total. The molecule has 0 fully saturated rings. The average Bonchev–Trinajstić information content (AvgIpc) is 3.56. The predicted molar refractivity (Wildman–Crippen MR) is 144 cm³/mol. The maximum Gasteiger partial charge on any atom is 0.267 e. The molecule has 36 heavy (non-hydrogen) atoms. The van der Waals surface area contributed by atoms with E-state index in [9.17, 15) is 4.79 Å². The molecule has 0 bridgehead atoms. The van der Waals surface area contributed by atoms with E-state index < -0.39 is 5.91 Å². The Kier molecular flexibility index (Phi) is 6.81. The lowest BCUT2D eigenvalue weighted by Gasteiger charge is -2.30. The van der Waals surface area contributed by atoms with Crippen LogP contribution in [-0.4, -0.2) is 32.5 Å². The lowest BCUT2D eigenvalue weighted by Crippen LogP contribution is -2.29. The smallest absolute Gasteiger partial charge is 0.267 e. The summed E-state index contributed by atoms with van der Waals surface area (Å²) in [4.78, 5) is 20.9. The molecular weight excluding hydrogens is 448 g/mol. The molecule has 0 saturated carbocycles. The number of rotatable bonds is 8. The summed E-state index contributed by atoms with van der Waals surface area (Å²) in [5.41, 5.74) is 12.9. The summed E-state index contributed by atoms with van der Waals surface area (Å²) in [7, 11) is 0. The lowest BCUT2D eigenvalue weighted by molar-refractivity contribution is -0.124. The molecule has 1 atom stereocenters. The third-order valence-electron chi connectivity index (χ3n) is 7.41. The molecule has 1 amide bonds. The van der Waals surface area contributed by atoms with Crippen LogP contribution in [0.1, 0.15) is 57.2 Å². The number of benzene rings is 2. The number of nitrogens with zero attached hydrogens (tertiary/aromatic N) is 1. The molecule has 0 aliphatic heterocycles. The zero-order valence-corrected chi connectivity index (χ0v) is 21.2. The predicted octanol–water partition coefficient (Wildman–Crippen LogP) is 5.67. The lowest BCUT2D eigenvalue weighted by atomic mass is 10.0. The van der Waals surface area contributed by atoms with Crippen molar-refractivity contribution in [1.82, 2.24) is 20.3 Å². The highest BCUT2D eigenvalue weighted by Crippen LogP contribution is 2.38. The number of aromatic nitrogens is 2. The molecule has 6 nitrogen and oxygen atoms in total. The molecule has 5 rings (SSSR count). The second kappa shape index (κ2) is 10.2. The Morgan fingerprint density at radius 3 is 2.78 bits per heavy atom. The van der Waals surface area contributed by atoms with Crippen LogP contribution in [0.5, 0.6) is 0 Å². The number of hydrogen-bond donors (Lipinski definition) is 4. The largest absolute Gasteiger partial charge is 0.362 e. The Balaban J connectivity index is 1.40. The average molecular weight is 483 g/mol. The van der Waals surface area contributed by atoms with E-state index in [4.69, 9.17) is 5.21 Å². The van der Waals surface area contributed by atoms with Crippen molar-refractivity contribution in [2.75, 3.05) is 6.54 Å². The van der Waals surface area contributed by atoms with Gasteiger partial charge in [0.2, 0.25) is 0 Å². The van der Waals surface area contributed by atoms with Crippen molar-refractivity contribution in [3.05, 3.63) is 99.5 Å². The van der Waals surface area contributed by atoms with E-state index in [1.54, 1.807) is 11.6 Å². The van der Waals surface area contributed by atoms with Gasteiger partial charge < -0.3 is 9.97 Å². The zero-order valence-electron chi connectivity index (χ0n) is 21.2. The molecule has 1 aliphatic rings. The third kappa shape index (κ3) is 5.01. The van der Waals surface area contributed by atoms with Crippen LogP contribution in [0, 0.1) is 20.8 Å². The molecule has 186 valence electrons. The number of nitrogens with one attached hydrogen (secondary N) is 3. The number of amides is 1. The van der Waals surface area contributed by atoms with Crippen LogP contribution in [-0.2, 0) is 24.2 Å². The van der Waals surface area contributed by atoms with Crippen LogP contribution >= 0.6 is 0 Å². The van der Waals surface area contributed by atoms with Gasteiger partial charge in [0, 0.05) is 53.7 Å². The summed E-state index contributed by atoms with van der Waals surface area (Å²) in [5.74, 6) is -0.524. The molecule has 1 unspecified atom stereocenters. The molecule has 2 aromatic carbocycles. The van der Waals surface area contributed by atoms with Crippen molar-refractivity contribution < 1.29 is 10.0 Å².